The van der Waals surface area contributed by atoms with Crippen LogP contribution in [0.25, 0.3) is 0 Å². The lowest BCUT2D eigenvalue weighted by Crippen LogP contribution is -2.54. The van der Waals surface area contributed by atoms with Crippen LogP contribution >= 0.6 is 0 Å². The molecule has 1 rings (SSSR count). The minimum atomic E-state index is -0.989. The number of alkyl carbamates (subject to hydrolysis) is 1. The number of urea groups is 1. The molecule has 0 unspecified atom stereocenters. The third-order valence-electron chi connectivity index (χ3n) is 5.21. The molecule has 14 heteroatoms. The molecule has 0 heterocycles. The summed E-state index contributed by atoms with van der Waals surface area (Å²) in [6.07, 6.45) is -0.288. The van der Waals surface area contributed by atoms with E-state index in [1.807, 2.05) is 0 Å². The maximum Gasteiger partial charge on any atom is 0.407 e. The van der Waals surface area contributed by atoms with E-state index in [1.165, 1.54) is 6.92 Å². The number of esters is 1. The molecule has 0 aliphatic heterocycles. The number of rotatable bonds is 17. The van der Waals surface area contributed by atoms with Crippen molar-refractivity contribution in [3.8, 4) is 0 Å². The lowest BCUT2D eigenvalue weighted by Gasteiger charge is -2.25. The van der Waals surface area contributed by atoms with Gasteiger partial charge in [0, 0.05) is 25.7 Å². The summed E-state index contributed by atoms with van der Waals surface area (Å²) in [5, 5.41) is 10.4. The molecule has 1 aromatic rings. The molecule has 8 N–H and O–H groups in total. The highest BCUT2D eigenvalue weighted by atomic mass is 16.6. The normalized spacial score (nSPS) is 12.1. The van der Waals surface area contributed by atoms with Crippen molar-refractivity contribution in [2.45, 2.75) is 52.3 Å². The van der Waals surface area contributed by atoms with Gasteiger partial charge in [0.1, 0.15) is 25.3 Å². The van der Waals surface area contributed by atoms with Crippen LogP contribution in [0.3, 0.4) is 0 Å². The van der Waals surface area contributed by atoms with Gasteiger partial charge >= 0.3 is 18.1 Å². The number of ether oxygens (including phenoxy) is 3. The number of anilines is 1. The quantitative estimate of drug-likeness (QED) is 0.116. The predicted molar refractivity (Wildman–Crippen MR) is 142 cm³/mol. The maximum atomic E-state index is 13.1. The lowest BCUT2D eigenvalue weighted by atomic mass is 10.0. The first-order chi connectivity index (χ1) is 18.5. The Kier molecular flexibility index (Phi) is 15.6. The van der Waals surface area contributed by atoms with Crippen molar-refractivity contribution in [1.29, 1.82) is 0 Å². The minimum absolute atomic E-state index is 0.0180. The van der Waals surface area contributed by atoms with E-state index in [-0.39, 0.29) is 38.7 Å². The van der Waals surface area contributed by atoms with Crippen molar-refractivity contribution in [3.05, 3.63) is 29.8 Å². The Labute approximate surface area is 227 Å². The van der Waals surface area contributed by atoms with Crippen LogP contribution in [0.15, 0.2) is 24.3 Å². The smallest absolute Gasteiger partial charge is 0.407 e. The Morgan fingerprint density at radius 3 is 2.21 bits per heavy atom. The number of hydrogen-bond acceptors (Lipinski definition) is 9. The van der Waals surface area contributed by atoms with Crippen LogP contribution in [0.5, 0.6) is 0 Å². The van der Waals surface area contributed by atoms with Gasteiger partial charge in [0.15, 0.2) is 0 Å². The van der Waals surface area contributed by atoms with E-state index < -0.39 is 42.0 Å². The summed E-state index contributed by atoms with van der Waals surface area (Å²) in [5.74, 6) is -1.81. The summed E-state index contributed by atoms with van der Waals surface area (Å²) < 4.78 is 15.1. The number of amides is 5. The highest BCUT2D eigenvalue weighted by Crippen LogP contribution is 2.13. The van der Waals surface area contributed by atoms with Crippen molar-refractivity contribution in [2.75, 3.05) is 38.2 Å². The molecule has 0 bridgehead atoms. The van der Waals surface area contributed by atoms with E-state index >= 15 is 0 Å². The van der Waals surface area contributed by atoms with Gasteiger partial charge in [0.2, 0.25) is 11.8 Å². The largest absolute Gasteiger partial charge is 0.461 e. The van der Waals surface area contributed by atoms with Crippen LogP contribution in [-0.4, -0.2) is 74.9 Å². The second-order valence-corrected chi connectivity index (χ2v) is 8.86. The van der Waals surface area contributed by atoms with E-state index in [9.17, 15) is 24.0 Å². The standard InChI is InChI=1S/C25H40N6O8/c1-16(2)21(31-25(36)38-14-13-37-12-10-26)23(34)30-20(5-4-11-28-24(27)35)22(33)29-19-8-6-18(7-9-19)15-39-17(3)32/h6-9,16,20-21H,4-5,10-15,26H2,1-3H3,(H,29,33)(H,30,34)(H,31,36)(H3,27,28,35)/t20-,21-/m1/s1. The van der Waals surface area contributed by atoms with Crippen molar-refractivity contribution >= 4 is 35.6 Å². The van der Waals surface area contributed by atoms with Gasteiger partial charge in [0.25, 0.3) is 0 Å². The average molecular weight is 553 g/mol. The molecule has 0 radical (unpaired) electrons. The first-order valence-electron chi connectivity index (χ1n) is 12.6. The number of benzene rings is 1. The maximum absolute atomic E-state index is 13.1. The molecule has 0 aromatic heterocycles. The van der Waals surface area contributed by atoms with Crippen LogP contribution in [-0.2, 0) is 35.2 Å². The second kappa shape index (κ2) is 18.4. The van der Waals surface area contributed by atoms with Gasteiger partial charge in [-0.1, -0.05) is 26.0 Å². The molecule has 14 nitrogen and oxygen atoms in total. The fourth-order valence-electron chi connectivity index (χ4n) is 3.23. The molecular formula is C25H40N6O8. The van der Waals surface area contributed by atoms with Crippen LogP contribution < -0.4 is 32.7 Å². The van der Waals surface area contributed by atoms with Gasteiger partial charge in [-0.3, -0.25) is 14.4 Å². The highest BCUT2D eigenvalue weighted by molar-refractivity contribution is 5.98. The van der Waals surface area contributed by atoms with Crippen LogP contribution in [0.2, 0.25) is 0 Å². The van der Waals surface area contributed by atoms with Gasteiger partial charge < -0.3 is 46.9 Å². The third-order valence-corrected chi connectivity index (χ3v) is 5.21. The molecule has 2 atom stereocenters. The summed E-state index contributed by atoms with van der Waals surface area (Å²) in [6.45, 7) is 5.90. The average Bonchev–Trinajstić information content (AvgIpc) is 2.87. The zero-order valence-electron chi connectivity index (χ0n) is 22.6. The fourth-order valence-corrected chi connectivity index (χ4v) is 3.23. The van der Waals surface area contributed by atoms with Crippen molar-refractivity contribution in [3.63, 3.8) is 0 Å². The van der Waals surface area contributed by atoms with Gasteiger partial charge in [-0.15, -0.1) is 0 Å². The monoisotopic (exact) mass is 552 g/mol. The predicted octanol–water partition coefficient (Wildman–Crippen LogP) is 0.348. The van der Waals surface area contributed by atoms with Crippen LogP contribution in [0.4, 0.5) is 15.3 Å². The van der Waals surface area contributed by atoms with Crippen LogP contribution in [0.1, 0.15) is 39.2 Å². The van der Waals surface area contributed by atoms with Gasteiger partial charge in [-0.2, -0.15) is 0 Å². The molecule has 218 valence electrons. The van der Waals surface area contributed by atoms with Gasteiger partial charge in [-0.05, 0) is 36.5 Å². The van der Waals surface area contributed by atoms with E-state index in [0.717, 1.165) is 5.56 Å². The molecule has 39 heavy (non-hydrogen) atoms. The van der Waals surface area contributed by atoms with Crippen LogP contribution in [0, 0.1) is 5.92 Å². The van der Waals surface area contributed by atoms with Crippen molar-refractivity contribution < 1.29 is 38.2 Å². The third kappa shape index (κ3) is 14.6. The fraction of sp³-hybridized carbons (Fsp3) is 0.560. The molecule has 5 amide bonds. The lowest BCUT2D eigenvalue weighted by molar-refractivity contribution is -0.142. The minimum Gasteiger partial charge on any atom is -0.461 e. The molecule has 0 aliphatic carbocycles. The van der Waals surface area contributed by atoms with E-state index in [0.29, 0.717) is 25.3 Å². The Morgan fingerprint density at radius 2 is 1.62 bits per heavy atom. The SMILES string of the molecule is CC(=O)OCc1ccc(NC(=O)[C@@H](CCCNC(N)=O)NC(=O)[C@H](NC(=O)OCCOCCN)C(C)C)cc1. The number of nitrogens with one attached hydrogen (secondary N) is 4. The summed E-state index contributed by atoms with van der Waals surface area (Å²) in [4.78, 5) is 60.3. The summed E-state index contributed by atoms with van der Waals surface area (Å²) in [7, 11) is 0. The first kappa shape index (κ1) is 33.1. The molecular weight excluding hydrogens is 512 g/mol. The number of nitrogens with two attached hydrogens (primary N) is 2. The molecule has 1 aromatic carbocycles. The number of hydrogen-bond donors (Lipinski definition) is 6. The number of carbonyl (C=O) groups excluding carboxylic acids is 5. The Morgan fingerprint density at radius 1 is 0.923 bits per heavy atom. The summed E-state index contributed by atoms with van der Waals surface area (Å²) >= 11 is 0. The number of primary amides is 1. The zero-order chi connectivity index (χ0) is 29.2. The summed E-state index contributed by atoms with van der Waals surface area (Å²) in [5.41, 5.74) is 11.6. The Hall–Kier alpha value is -3.91. The Bertz CT molecular complexity index is 941. The van der Waals surface area contributed by atoms with Gasteiger partial charge in [0.05, 0.1) is 13.2 Å². The van der Waals surface area contributed by atoms with E-state index in [2.05, 4.69) is 21.3 Å². The zero-order valence-corrected chi connectivity index (χ0v) is 22.6. The van der Waals surface area contributed by atoms with Crippen molar-refractivity contribution in [2.24, 2.45) is 17.4 Å². The molecule has 0 fully saturated rings. The second-order valence-electron chi connectivity index (χ2n) is 8.86. The molecule has 0 aliphatic rings. The highest BCUT2D eigenvalue weighted by Gasteiger charge is 2.29. The van der Waals surface area contributed by atoms with Gasteiger partial charge in [-0.25, -0.2) is 9.59 Å². The summed E-state index contributed by atoms with van der Waals surface area (Å²) in [6, 6.07) is 3.97. The van der Waals surface area contributed by atoms with E-state index in [1.54, 1.807) is 38.1 Å². The first-order valence-corrected chi connectivity index (χ1v) is 12.6. The molecule has 0 saturated heterocycles. The number of carbonyl (C=O) groups is 5. The topological polar surface area (TPSA) is 213 Å². The molecule has 0 spiro atoms. The van der Waals surface area contributed by atoms with E-state index in [4.69, 9.17) is 25.7 Å². The molecule has 0 saturated carbocycles. The Balaban J connectivity index is 2.83. The van der Waals surface area contributed by atoms with Crippen molar-refractivity contribution in [1.82, 2.24) is 16.0 Å².